The Labute approximate surface area is 239 Å². The van der Waals surface area contributed by atoms with Gasteiger partial charge in [0.2, 0.25) is 5.95 Å². The number of anilines is 2. The maximum absolute atomic E-state index is 10.4. The normalized spacial score (nSPS) is 25.1. The standard InChI is InChI=1S/C31H37N9O/c1-19-29-25-12-27(24-4-2-3-5-28(24)41)36-37-30(25)35-26(29)8-11-40(19)31-33-13-23(14-34-31)39-17-20-15-38(16-21(20)18-39)22-6-9-32-10-7-22/h2-5,12-14,19-22,32,41H,6-11,15-18H2,1H3,(H,35,37)/t19?,20-,21+. The lowest BCUT2D eigenvalue weighted by molar-refractivity contribution is 0.187. The van der Waals surface area contributed by atoms with Gasteiger partial charge >= 0.3 is 0 Å². The molecule has 0 radical (unpaired) electrons. The lowest BCUT2D eigenvalue weighted by atomic mass is 9.97. The van der Waals surface area contributed by atoms with E-state index in [0.717, 1.165) is 79.7 Å². The number of nitrogens with one attached hydrogen (secondary N) is 2. The number of piperidine rings is 1. The van der Waals surface area contributed by atoms with Gasteiger partial charge in [-0.2, -0.15) is 0 Å². The van der Waals surface area contributed by atoms with E-state index in [1.165, 1.54) is 37.2 Å². The number of benzene rings is 1. The molecule has 3 atom stereocenters. The first kappa shape index (κ1) is 25.0. The van der Waals surface area contributed by atoms with Gasteiger partial charge in [-0.3, -0.25) is 4.90 Å². The third-order valence-corrected chi connectivity index (χ3v) is 9.93. The predicted molar refractivity (Wildman–Crippen MR) is 159 cm³/mol. The van der Waals surface area contributed by atoms with Gasteiger partial charge < -0.3 is 25.2 Å². The van der Waals surface area contributed by atoms with Crippen LogP contribution in [0, 0.1) is 11.8 Å². The van der Waals surface area contributed by atoms with Crippen molar-refractivity contribution in [2.24, 2.45) is 11.8 Å². The number of likely N-dealkylation sites (tertiary alicyclic amines) is 1. The Morgan fingerprint density at radius 1 is 0.951 bits per heavy atom. The Bertz CT molecular complexity index is 1550. The zero-order chi connectivity index (χ0) is 27.5. The van der Waals surface area contributed by atoms with Crippen LogP contribution in [-0.4, -0.2) is 87.0 Å². The molecule has 0 spiro atoms. The molecule has 1 aromatic carbocycles. The summed E-state index contributed by atoms with van der Waals surface area (Å²) >= 11 is 0. The van der Waals surface area contributed by atoms with Crippen LogP contribution in [0.15, 0.2) is 42.7 Å². The molecule has 10 heteroatoms. The summed E-state index contributed by atoms with van der Waals surface area (Å²) in [6.07, 6.45) is 7.48. The molecule has 3 N–H and O–H groups in total. The highest BCUT2D eigenvalue weighted by Gasteiger charge is 2.42. The molecule has 0 bridgehead atoms. The molecule has 0 amide bonds. The molecule has 4 aliphatic rings. The molecule has 3 saturated heterocycles. The van der Waals surface area contributed by atoms with Gasteiger partial charge in [0.15, 0.2) is 5.65 Å². The lowest BCUT2D eigenvalue weighted by Gasteiger charge is -2.34. The molecule has 212 valence electrons. The summed E-state index contributed by atoms with van der Waals surface area (Å²) in [5.74, 6) is 2.46. The highest BCUT2D eigenvalue weighted by atomic mass is 16.3. The molecule has 0 aliphatic carbocycles. The average Bonchev–Trinajstić information content (AvgIpc) is 3.70. The molecule has 41 heavy (non-hydrogen) atoms. The Balaban J connectivity index is 0.989. The van der Waals surface area contributed by atoms with Crippen LogP contribution >= 0.6 is 0 Å². The van der Waals surface area contributed by atoms with Crippen LogP contribution in [0.1, 0.15) is 37.1 Å². The van der Waals surface area contributed by atoms with Gasteiger partial charge in [0.1, 0.15) is 5.75 Å². The number of fused-ring (bicyclic) bond motifs is 4. The van der Waals surface area contributed by atoms with Crippen LogP contribution in [0.2, 0.25) is 0 Å². The highest BCUT2D eigenvalue weighted by molar-refractivity contribution is 5.86. The lowest BCUT2D eigenvalue weighted by Crippen LogP contribution is -2.43. The predicted octanol–water partition coefficient (Wildman–Crippen LogP) is 3.36. The third kappa shape index (κ3) is 4.31. The van der Waals surface area contributed by atoms with E-state index in [2.05, 4.69) is 42.1 Å². The van der Waals surface area contributed by atoms with E-state index < -0.39 is 0 Å². The zero-order valence-electron chi connectivity index (χ0n) is 23.5. The molecule has 7 heterocycles. The fraction of sp³-hybridized carbons (Fsp3) is 0.484. The molecule has 4 aromatic rings. The van der Waals surface area contributed by atoms with Gasteiger partial charge in [0, 0.05) is 67.4 Å². The van der Waals surface area contributed by atoms with E-state index >= 15 is 0 Å². The van der Waals surface area contributed by atoms with Crippen molar-refractivity contribution in [1.82, 2.24) is 35.4 Å². The molecule has 3 aromatic heterocycles. The van der Waals surface area contributed by atoms with Gasteiger partial charge in [0.05, 0.1) is 29.8 Å². The van der Waals surface area contributed by atoms with Crippen LogP contribution < -0.4 is 15.1 Å². The Kier molecular flexibility index (Phi) is 6.07. The van der Waals surface area contributed by atoms with Crippen molar-refractivity contribution >= 4 is 22.7 Å². The molecular weight excluding hydrogens is 514 g/mol. The summed E-state index contributed by atoms with van der Waals surface area (Å²) in [6.45, 7) is 10.0. The summed E-state index contributed by atoms with van der Waals surface area (Å²) in [7, 11) is 0. The van der Waals surface area contributed by atoms with E-state index in [-0.39, 0.29) is 11.8 Å². The molecule has 0 saturated carbocycles. The number of nitrogens with zero attached hydrogens (tertiary/aromatic N) is 7. The van der Waals surface area contributed by atoms with E-state index in [9.17, 15) is 5.11 Å². The number of aromatic hydroxyl groups is 1. The van der Waals surface area contributed by atoms with Crippen molar-refractivity contribution in [3.63, 3.8) is 0 Å². The SMILES string of the molecule is CC1c2c([nH]c3nnc(-c4ccccc4O)cc23)CCN1c1ncc(N2C[C@@H]3CN(C4CCNCC4)C[C@@H]3C2)cn1. The second kappa shape index (κ2) is 9.95. The molecule has 8 rings (SSSR count). The summed E-state index contributed by atoms with van der Waals surface area (Å²) in [6, 6.07) is 10.1. The van der Waals surface area contributed by atoms with Crippen molar-refractivity contribution in [1.29, 1.82) is 0 Å². The van der Waals surface area contributed by atoms with Gasteiger partial charge in [-0.15, -0.1) is 10.2 Å². The summed E-state index contributed by atoms with van der Waals surface area (Å²) in [5, 5.41) is 23.8. The van der Waals surface area contributed by atoms with Crippen molar-refractivity contribution in [3.8, 4) is 17.0 Å². The number of hydrogen-bond acceptors (Lipinski definition) is 9. The monoisotopic (exact) mass is 551 g/mol. The summed E-state index contributed by atoms with van der Waals surface area (Å²) in [5.41, 5.74) is 5.65. The summed E-state index contributed by atoms with van der Waals surface area (Å²) in [4.78, 5) is 20.8. The topological polar surface area (TPSA) is 109 Å². The Morgan fingerprint density at radius 2 is 1.71 bits per heavy atom. The number of para-hydroxylation sites is 1. The molecule has 10 nitrogen and oxygen atoms in total. The minimum Gasteiger partial charge on any atom is -0.507 e. The number of rotatable bonds is 4. The first-order valence-electron chi connectivity index (χ1n) is 15.1. The minimum atomic E-state index is 0.0758. The van der Waals surface area contributed by atoms with Gasteiger partial charge in [-0.05, 0) is 62.9 Å². The van der Waals surface area contributed by atoms with Crippen molar-refractivity contribution in [2.45, 2.75) is 38.3 Å². The second-order valence-electron chi connectivity index (χ2n) is 12.2. The van der Waals surface area contributed by atoms with Gasteiger partial charge in [-0.1, -0.05) is 12.1 Å². The fourth-order valence-corrected chi connectivity index (χ4v) is 7.75. The van der Waals surface area contributed by atoms with E-state index in [0.29, 0.717) is 11.3 Å². The first-order valence-corrected chi connectivity index (χ1v) is 15.1. The van der Waals surface area contributed by atoms with Crippen LogP contribution in [-0.2, 0) is 6.42 Å². The number of aromatic amines is 1. The van der Waals surface area contributed by atoms with E-state index in [1.54, 1.807) is 6.07 Å². The molecule has 3 fully saturated rings. The number of hydrogen-bond donors (Lipinski definition) is 3. The quantitative estimate of drug-likeness (QED) is 0.352. The first-order chi connectivity index (χ1) is 20.1. The average molecular weight is 552 g/mol. The van der Waals surface area contributed by atoms with Gasteiger partial charge in [-0.25, -0.2) is 9.97 Å². The van der Waals surface area contributed by atoms with Crippen molar-refractivity contribution in [3.05, 3.63) is 54.0 Å². The number of H-pyrrole nitrogens is 1. The van der Waals surface area contributed by atoms with Crippen LogP contribution in [0.5, 0.6) is 5.75 Å². The molecular formula is C31H37N9O. The van der Waals surface area contributed by atoms with Crippen molar-refractivity contribution < 1.29 is 5.11 Å². The summed E-state index contributed by atoms with van der Waals surface area (Å²) < 4.78 is 0. The van der Waals surface area contributed by atoms with Crippen molar-refractivity contribution in [2.75, 3.05) is 55.6 Å². The largest absolute Gasteiger partial charge is 0.507 e. The highest BCUT2D eigenvalue weighted by Crippen LogP contribution is 2.39. The molecule has 1 unspecified atom stereocenters. The van der Waals surface area contributed by atoms with Gasteiger partial charge in [0.25, 0.3) is 0 Å². The minimum absolute atomic E-state index is 0.0758. The Morgan fingerprint density at radius 3 is 2.46 bits per heavy atom. The maximum atomic E-state index is 10.4. The van der Waals surface area contributed by atoms with E-state index in [4.69, 9.17) is 9.97 Å². The Hall–Kier alpha value is -3.76. The number of phenolic OH excluding ortho intramolecular Hbond substituents is 1. The van der Waals surface area contributed by atoms with Crippen LogP contribution in [0.3, 0.4) is 0 Å². The number of phenols is 1. The fourth-order valence-electron chi connectivity index (χ4n) is 7.75. The van der Waals surface area contributed by atoms with Crippen LogP contribution in [0.4, 0.5) is 11.6 Å². The second-order valence-corrected chi connectivity index (χ2v) is 12.2. The smallest absolute Gasteiger partial charge is 0.225 e. The third-order valence-electron chi connectivity index (χ3n) is 9.93. The van der Waals surface area contributed by atoms with E-state index in [1.807, 2.05) is 36.7 Å². The zero-order valence-corrected chi connectivity index (χ0v) is 23.5. The van der Waals surface area contributed by atoms with Crippen LogP contribution in [0.25, 0.3) is 22.3 Å². The maximum Gasteiger partial charge on any atom is 0.225 e. The molecule has 4 aliphatic heterocycles. The number of aromatic nitrogens is 5.